The van der Waals surface area contributed by atoms with Crippen LogP contribution in [0.15, 0.2) is 42.5 Å². The van der Waals surface area contributed by atoms with Crippen LogP contribution < -0.4 is 24.4 Å². The molecular weight excluding hydrogens is 384 g/mol. The van der Waals surface area contributed by atoms with E-state index in [4.69, 9.17) is 14.2 Å². The van der Waals surface area contributed by atoms with E-state index in [0.29, 0.717) is 49.1 Å². The van der Waals surface area contributed by atoms with E-state index < -0.39 is 6.10 Å². The number of nitrogens with one attached hydrogen (secondary N) is 1. The molecule has 1 aliphatic heterocycles. The lowest BCUT2D eigenvalue weighted by atomic mass is 10.1. The molecule has 2 aromatic carbocycles. The Kier molecular flexibility index (Phi) is 7.17. The molecule has 0 spiro atoms. The van der Waals surface area contributed by atoms with Crippen LogP contribution in [-0.4, -0.2) is 44.2 Å². The van der Waals surface area contributed by atoms with Gasteiger partial charge in [0.15, 0.2) is 17.6 Å². The van der Waals surface area contributed by atoms with E-state index >= 15 is 0 Å². The summed E-state index contributed by atoms with van der Waals surface area (Å²) >= 11 is 0. The van der Waals surface area contributed by atoms with E-state index in [1.54, 1.807) is 11.0 Å². The number of hydrogen-bond acceptors (Lipinski definition) is 5. The van der Waals surface area contributed by atoms with E-state index in [-0.39, 0.29) is 18.4 Å². The minimum Gasteiger partial charge on any atom is -0.490 e. The first-order valence-electron chi connectivity index (χ1n) is 10.2. The molecule has 30 heavy (non-hydrogen) atoms. The van der Waals surface area contributed by atoms with Gasteiger partial charge in [-0.05, 0) is 50.1 Å². The van der Waals surface area contributed by atoms with Gasteiger partial charge in [0.2, 0.25) is 5.91 Å². The Bertz CT molecular complexity index is 899. The number of rotatable bonds is 8. The number of nitrogens with zero attached hydrogens (tertiary/aromatic N) is 1. The molecule has 7 nitrogen and oxygen atoms in total. The number of anilines is 1. The average molecular weight is 412 g/mol. The average Bonchev–Trinajstić information content (AvgIpc) is 2.74. The SMILES string of the molecule is CCOc1ccc(CCNC(=O)[C@H]2CN(C(C)=O)c3ccccc3O2)cc1OCC. The topological polar surface area (TPSA) is 77.1 Å². The molecule has 0 saturated heterocycles. The highest BCUT2D eigenvalue weighted by atomic mass is 16.5. The van der Waals surface area contributed by atoms with Gasteiger partial charge in [0.05, 0.1) is 25.4 Å². The zero-order valence-corrected chi connectivity index (χ0v) is 17.6. The van der Waals surface area contributed by atoms with Gasteiger partial charge in [-0.3, -0.25) is 9.59 Å². The van der Waals surface area contributed by atoms with Crippen molar-refractivity contribution in [2.24, 2.45) is 0 Å². The Morgan fingerprint density at radius 2 is 1.83 bits per heavy atom. The van der Waals surface area contributed by atoms with E-state index in [2.05, 4.69) is 5.32 Å². The maximum Gasteiger partial charge on any atom is 0.262 e. The van der Waals surface area contributed by atoms with Gasteiger partial charge in [-0.25, -0.2) is 0 Å². The molecule has 1 atom stereocenters. The number of carbonyl (C=O) groups excluding carboxylic acids is 2. The lowest BCUT2D eigenvalue weighted by Crippen LogP contribution is -2.50. The Balaban J connectivity index is 1.60. The van der Waals surface area contributed by atoms with Gasteiger partial charge in [-0.1, -0.05) is 18.2 Å². The first-order chi connectivity index (χ1) is 14.5. The smallest absolute Gasteiger partial charge is 0.262 e. The van der Waals surface area contributed by atoms with Gasteiger partial charge in [-0.2, -0.15) is 0 Å². The molecule has 1 N–H and O–H groups in total. The van der Waals surface area contributed by atoms with E-state index in [0.717, 1.165) is 5.56 Å². The van der Waals surface area contributed by atoms with Crippen molar-refractivity contribution in [3.8, 4) is 17.2 Å². The number of hydrogen-bond donors (Lipinski definition) is 1. The number of fused-ring (bicyclic) bond motifs is 1. The van der Waals surface area contributed by atoms with E-state index in [9.17, 15) is 9.59 Å². The molecule has 160 valence electrons. The van der Waals surface area contributed by atoms with Crippen LogP contribution in [0.2, 0.25) is 0 Å². The summed E-state index contributed by atoms with van der Waals surface area (Å²) in [6, 6.07) is 13.0. The highest BCUT2D eigenvalue weighted by Crippen LogP contribution is 2.33. The summed E-state index contributed by atoms with van der Waals surface area (Å²) in [6.45, 7) is 7.09. The van der Waals surface area contributed by atoms with Crippen molar-refractivity contribution >= 4 is 17.5 Å². The predicted octanol–water partition coefficient (Wildman–Crippen LogP) is 2.96. The molecular formula is C23H28N2O5. The molecule has 2 amide bonds. The monoisotopic (exact) mass is 412 g/mol. The van der Waals surface area contributed by atoms with E-state index in [1.165, 1.54) is 6.92 Å². The van der Waals surface area contributed by atoms with Gasteiger partial charge >= 0.3 is 0 Å². The minimum atomic E-state index is -0.747. The summed E-state index contributed by atoms with van der Waals surface area (Å²) in [4.78, 5) is 26.2. The first kappa shape index (κ1) is 21.5. The highest BCUT2D eigenvalue weighted by Gasteiger charge is 2.32. The Morgan fingerprint density at radius 1 is 1.10 bits per heavy atom. The fraction of sp³-hybridized carbons (Fsp3) is 0.391. The maximum atomic E-state index is 12.7. The summed E-state index contributed by atoms with van der Waals surface area (Å²) < 4.78 is 17.1. The Hall–Kier alpha value is -3.22. The second-order valence-electron chi connectivity index (χ2n) is 6.89. The van der Waals surface area contributed by atoms with Crippen LogP contribution in [0.25, 0.3) is 0 Å². The van der Waals surface area contributed by atoms with Gasteiger partial charge in [0, 0.05) is 13.5 Å². The minimum absolute atomic E-state index is 0.124. The zero-order valence-electron chi connectivity index (χ0n) is 17.6. The normalized spacial score (nSPS) is 15.0. The lowest BCUT2D eigenvalue weighted by molar-refractivity contribution is -0.128. The third kappa shape index (κ3) is 5.03. The molecule has 0 bridgehead atoms. The second kappa shape index (κ2) is 10.0. The lowest BCUT2D eigenvalue weighted by Gasteiger charge is -2.33. The second-order valence-corrected chi connectivity index (χ2v) is 6.89. The number of benzene rings is 2. The van der Waals surface area contributed by atoms with Crippen LogP contribution in [0.5, 0.6) is 17.2 Å². The van der Waals surface area contributed by atoms with Crippen LogP contribution in [0.4, 0.5) is 5.69 Å². The number of para-hydroxylation sites is 2. The van der Waals surface area contributed by atoms with E-state index in [1.807, 2.05) is 50.2 Å². The van der Waals surface area contributed by atoms with Crippen LogP contribution in [0.1, 0.15) is 26.3 Å². The van der Waals surface area contributed by atoms with Crippen molar-refractivity contribution in [3.63, 3.8) is 0 Å². The van der Waals surface area contributed by atoms with Crippen LogP contribution in [0, 0.1) is 0 Å². The predicted molar refractivity (Wildman–Crippen MR) is 114 cm³/mol. The van der Waals surface area contributed by atoms with Crippen molar-refractivity contribution in [1.82, 2.24) is 5.32 Å². The van der Waals surface area contributed by atoms with Crippen LogP contribution >= 0.6 is 0 Å². The molecule has 1 heterocycles. The largest absolute Gasteiger partial charge is 0.490 e. The van der Waals surface area contributed by atoms with Crippen molar-refractivity contribution < 1.29 is 23.8 Å². The number of amides is 2. The Morgan fingerprint density at radius 3 is 2.57 bits per heavy atom. The molecule has 1 aliphatic rings. The van der Waals surface area contributed by atoms with Gasteiger partial charge < -0.3 is 24.4 Å². The fourth-order valence-electron chi connectivity index (χ4n) is 3.36. The molecule has 0 aliphatic carbocycles. The van der Waals surface area contributed by atoms with Gasteiger partial charge in [0.1, 0.15) is 5.75 Å². The molecule has 3 rings (SSSR count). The molecule has 7 heteroatoms. The van der Waals surface area contributed by atoms with Crippen molar-refractivity contribution in [2.75, 3.05) is 31.2 Å². The van der Waals surface area contributed by atoms with Crippen molar-refractivity contribution in [3.05, 3.63) is 48.0 Å². The zero-order chi connectivity index (χ0) is 21.5. The molecule has 0 radical (unpaired) electrons. The number of ether oxygens (including phenoxy) is 3. The van der Waals surface area contributed by atoms with Crippen molar-refractivity contribution in [2.45, 2.75) is 33.3 Å². The van der Waals surface area contributed by atoms with Crippen LogP contribution in [-0.2, 0) is 16.0 Å². The van der Waals surface area contributed by atoms with Crippen molar-refractivity contribution in [1.29, 1.82) is 0 Å². The van der Waals surface area contributed by atoms with Gasteiger partial charge in [0.25, 0.3) is 5.91 Å². The molecule has 0 unspecified atom stereocenters. The summed E-state index contributed by atoms with van der Waals surface area (Å²) in [6.07, 6.45) is -0.110. The summed E-state index contributed by atoms with van der Waals surface area (Å²) in [5.74, 6) is 1.58. The standard InChI is InChI=1S/C23H28N2O5/c1-4-28-20-11-10-17(14-21(20)29-5-2)12-13-24-23(27)22-15-25(16(3)26)18-8-6-7-9-19(18)30-22/h6-11,14,22H,4-5,12-13,15H2,1-3H3,(H,24,27)/t22-/m1/s1. The summed E-state index contributed by atoms with van der Waals surface area (Å²) in [7, 11) is 0. The molecule has 0 aromatic heterocycles. The fourth-order valence-corrected chi connectivity index (χ4v) is 3.36. The molecule has 0 saturated carbocycles. The maximum absolute atomic E-state index is 12.7. The summed E-state index contributed by atoms with van der Waals surface area (Å²) in [5, 5.41) is 2.91. The Labute approximate surface area is 176 Å². The number of carbonyl (C=O) groups is 2. The summed E-state index contributed by atoms with van der Waals surface area (Å²) in [5.41, 5.74) is 1.72. The molecule has 2 aromatic rings. The third-order valence-corrected chi connectivity index (χ3v) is 4.77. The highest BCUT2D eigenvalue weighted by molar-refractivity contribution is 5.95. The van der Waals surface area contributed by atoms with Gasteiger partial charge in [-0.15, -0.1) is 0 Å². The molecule has 0 fully saturated rings. The quantitative estimate of drug-likeness (QED) is 0.721. The third-order valence-electron chi connectivity index (χ3n) is 4.77. The van der Waals surface area contributed by atoms with Crippen LogP contribution in [0.3, 0.4) is 0 Å². The first-order valence-corrected chi connectivity index (χ1v) is 10.2.